The summed E-state index contributed by atoms with van der Waals surface area (Å²) in [5.74, 6) is 0. The molecule has 0 radical (unpaired) electrons. The lowest BCUT2D eigenvalue weighted by atomic mass is 10.4. The average molecular weight is 276 g/mol. The lowest BCUT2D eigenvalue weighted by Gasteiger charge is -2.34. The van der Waals surface area contributed by atoms with E-state index >= 15 is 0 Å². The number of nitrogens with zero attached hydrogens (tertiary/aromatic N) is 1. The molecule has 18 heavy (non-hydrogen) atoms. The van der Waals surface area contributed by atoms with Crippen molar-refractivity contribution < 1.29 is 17.8 Å². The highest BCUT2D eigenvalue weighted by Crippen LogP contribution is 2.22. The molecule has 108 valence electrons. The van der Waals surface area contributed by atoms with E-state index in [1.54, 1.807) is 0 Å². The van der Waals surface area contributed by atoms with E-state index in [1.807, 2.05) is 20.8 Å². The Morgan fingerprint density at radius 3 is 1.72 bits per heavy atom. The summed E-state index contributed by atoms with van der Waals surface area (Å²) >= 11 is 0. The molecule has 0 bridgehead atoms. The summed E-state index contributed by atoms with van der Waals surface area (Å²) < 4.78 is 18.9. The van der Waals surface area contributed by atoms with Gasteiger partial charge in [0, 0.05) is 32.7 Å². The molecule has 0 amide bonds. The highest BCUT2D eigenvalue weighted by atomic mass is 28.4. The second-order valence-corrected chi connectivity index (χ2v) is 7.96. The van der Waals surface area contributed by atoms with Crippen LogP contribution in [0.2, 0.25) is 6.04 Å². The Kier molecular flexibility index (Phi) is 6.80. The van der Waals surface area contributed by atoms with Gasteiger partial charge in [-0.25, -0.2) is 0 Å². The van der Waals surface area contributed by atoms with Crippen molar-refractivity contribution in [3.63, 3.8) is 0 Å². The number of likely N-dealkylation sites (tertiary alicyclic amines) is 1. The monoisotopic (exact) mass is 276 g/mol. The van der Waals surface area contributed by atoms with Crippen LogP contribution in [-0.4, -0.2) is 59.8 Å². The fraction of sp³-hybridized carbons (Fsp3) is 1.00. The first-order chi connectivity index (χ1) is 8.60. The van der Waals surface area contributed by atoms with Crippen LogP contribution in [0.25, 0.3) is 0 Å². The van der Waals surface area contributed by atoms with Gasteiger partial charge in [0.05, 0.1) is 32.7 Å². The minimum atomic E-state index is -2.43. The third-order valence-corrected chi connectivity index (χ3v) is 6.72. The lowest BCUT2D eigenvalue weighted by Crippen LogP contribution is -2.51. The third-order valence-electron chi connectivity index (χ3n) is 3.70. The van der Waals surface area contributed by atoms with Crippen molar-refractivity contribution in [2.45, 2.75) is 39.7 Å². The Balaban J connectivity index is 2.57. The molecule has 1 fully saturated rings. The zero-order valence-corrected chi connectivity index (χ0v) is 13.5. The predicted molar refractivity (Wildman–Crippen MR) is 75.5 cm³/mol. The van der Waals surface area contributed by atoms with Gasteiger partial charge in [0.25, 0.3) is 0 Å². The molecule has 0 aromatic heterocycles. The summed E-state index contributed by atoms with van der Waals surface area (Å²) in [7, 11) is -0.0824. The molecule has 1 aliphatic rings. The van der Waals surface area contributed by atoms with Crippen molar-refractivity contribution in [1.29, 1.82) is 0 Å². The van der Waals surface area contributed by atoms with Crippen LogP contribution in [0, 0.1) is 0 Å². The van der Waals surface area contributed by atoms with E-state index in [1.165, 1.54) is 25.9 Å². The Morgan fingerprint density at radius 1 is 0.889 bits per heavy atom. The Bertz CT molecular complexity index is 215. The van der Waals surface area contributed by atoms with Crippen molar-refractivity contribution in [1.82, 2.24) is 0 Å². The molecule has 0 aromatic carbocycles. The van der Waals surface area contributed by atoms with Crippen LogP contribution in [0.3, 0.4) is 0 Å². The van der Waals surface area contributed by atoms with Gasteiger partial charge >= 0.3 is 8.80 Å². The van der Waals surface area contributed by atoms with Crippen LogP contribution in [0.5, 0.6) is 0 Å². The summed E-state index contributed by atoms with van der Waals surface area (Å²) in [5.41, 5.74) is 0. The minimum absolute atomic E-state index is 0.677. The molecular formula is C13H30NO3Si+. The van der Waals surface area contributed by atoms with Crippen molar-refractivity contribution in [3.8, 4) is 0 Å². The minimum Gasteiger partial charge on any atom is -0.374 e. The quantitative estimate of drug-likeness (QED) is 0.478. The van der Waals surface area contributed by atoms with Crippen LogP contribution < -0.4 is 0 Å². The van der Waals surface area contributed by atoms with Gasteiger partial charge in [-0.3, -0.25) is 0 Å². The molecule has 0 N–H and O–H groups in total. The summed E-state index contributed by atoms with van der Waals surface area (Å²) in [6, 6.07) is 0.943. The fourth-order valence-electron chi connectivity index (χ4n) is 2.73. The Labute approximate surface area is 113 Å². The van der Waals surface area contributed by atoms with E-state index in [9.17, 15) is 0 Å². The maximum atomic E-state index is 5.90. The fourth-order valence-corrected chi connectivity index (χ4v) is 5.55. The summed E-state index contributed by atoms with van der Waals surface area (Å²) in [5, 5.41) is 0. The van der Waals surface area contributed by atoms with Crippen LogP contribution in [0.1, 0.15) is 33.6 Å². The van der Waals surface area contributed by atoms with Gasteiger partial charge < -0.3 is 17.8 Å². The van der Waals surface area contributed by atoms with Crippen molar-refractivity contribution in [2.24, 2.45) is 0 Å². The maximum Gasteiger partial charge on any atom is 0.506 e. The standard InChI is InChI=1S/C13H30NO3Si/c1-5-15-18(16-6-2,17-7-3)13-12-14(4)10-8-9-11-14/h5-13H2,1-4H3/q+1. The molecule has 1 heterocycles. The summed E-state index contributed by atoms with van der Waals surface area (Å²) in [6.45, 7) is 11.8. The van der Waals surface area contributed by atoms with Gasteiger partial charge in [0.1, 0.15) is 0 Å². The smallest absolute Gasteiger partial charge is 0.374 e. The molecule has 0 unspecified atom stereocenters. The van der Waals surface area contributed by atoms with Gasteiger partial charge in [-0.2, -0.15) is 0 Å². The SMILES string of the molecule is CCO[Si](CC[N+]1(C)CCCC1)(OCC)OCC. The first kappa shape index (κ1) is 16.1. The highest BCUT2D eigenvalue weighted by Gasteiger charge is 2.43. The van der Waals surface area contributed by atoms with Gasteiger partial charge in [0.2, 0.25) is 0 Å². The normalized spacial score (nSPS) is 19.3. The van der Waals surface area contributed by atoms with Gasteiger partial charge in [0.15, 0.2) is 0 Å². The van der Waals surface area contributed by atoms with E-state index in [-0.39, 0.29) is 0 Å². The summed E-state index contributed by atoms with van der Waals surface area (Å²) in [6.07, 6.45) is 2.70. The molecule has 5 heteroatoms. The predicted octanol–water partition coefficient (Wildman–Crippen LogP) is 2.28. The first-order valence-corrected chi connectivity index (χ1v) is 9.28. The number of hydrogen-bond acceptors (Lipinski definition) is 3. The summed E-state index contributed by atoms with van der Waals surface area (Å²) in [4.78, 5) is 0. The number of rotatable bonds is 9. The number of hydrogen-bond donors (Lipinski definition) is 0. The van der Waals surface area contributed by atoms with Crippen LogP contribution in [0.15, 0.2) is 0 Å². The van der Waals surface area contributed by atoms with Crippen molar-refractivity contribution in [3.05, 3.63) is 0 Å². The van der Waals surface area contributed by atoms with Crippen LogP contribution in [-0.2, 0) is 13.3 Å². The molecule has 0 aromatic rings. The van der Waals surface area contributed by atoms with E-state index in [4.69, 9.17) is 13.3 Å². The van der Waals surface area contributed by atoms with Gasteiger partial charge in [-0.05, 0) is 20.8 Å². The van der Waals surface area contributed by atoms with Gasteiger partial charge in [-0.15, -0.1) is 0 Å². The van der Waals surface area contributed by atoms with Crippen LogP contribution >= 0.6 is 0 Å². The van der Waals surface area contributed by atoms with Crippen molar-refractivity contribution in [2.75, 3.05) is 46.5 Å². The molecule has 0 atom stereocenters. The first-order valence-electron chi connectivity index (χ1n) is 7.35. The zero-order chi connectivity index (χ0) is 13.5. The third kappa shape index (κ3) is 4.62. The van der Waals surface area contributed by atoms with E-state index in [2.05, 4.69) is 7.05 Å². The Hall–Kier alpha value is 0.0569. The number of quaternary nitrogens is 1. The Morgan fingerprint density at radius 2 is 1.33 bits per heavy atom. The van der Waals surface area contributed by atoms with E-state index in [0.717, 1.165) is 17.1 Å². The van der Waals surface area contributed by atoms with E-state index < -0.39 is 8.80 Å². The molecule has 1 saturated heterocycles. The largest absolute Gasteiger partial charge is 0.506 e. The molecule has 0 saturated carbocycles. The average Bonchev–Trinajstić information content (AvgIpc) is 2.76. The molecule has 0 aliphatic carbocycles. The zero-order valence-electron chi connectivity index (χ0n) is 12.5. The molecular weight excluding hydrogens is 246 g/mol. The van der Waals surface area contributed by atoms with Gasteiger partial charge in [-0.1, -0.05) is 0 Å². The van der Waals surface area contributed by atoms with Crippen LogP contribution in [0.4, 0.5) is 0 Å². The second-order valence-electron chi connectivity index (χ2n) is 5.23. The molecule has 1 aliphatic heterocycles. The topological polar surface area (TPSA) is 27.7 Å². The highest BCUT2D eigenvalue weighted by molar-refractivity contribution is 6.60. The maximum absolute atomic E-state index is 5.90. The molecule has 1 rings (SSSR count). The second kappa shape index (κ2) is 7.60. The van der Waals surface area contributed by atoms with E-state index in [0.29, 0.717) is 19.8 Å². The van der Waals surface area contributed by atoms with Crippen molar-refractivity contribution >= 4 is 8.80 Å². The lowest BCUT2D eigenvalue weighted by molar-refractivity contribution is -0.895. The molecule has 4 nitrogen and oxygen atoms in total. The molecule has 0 spiro atoms.